The van der Waals surface area contributed by atoms with Crippen LogP contribution in [0.5, 0.6) is 0 Å². The second-order valence-corrected chi connectivity index (χ2v) is 10.6. The quantitative estimate of drug-likeness (QED) is 0.660. The lowest BCUT2D eigenvalue weighted by atomic mass is 9.96. The second kappa shape index (κ2) is 8.74. The van der Waals surface area contributed by atoms with E-state index in [1.165, 1.54) is 0 Å². The molecule has 0 bridgehead atoms. The molecule has 1 saturated heterocycles. The Kier molecular flexibility index (Phi) is 6.52. The molecule has 1 amide bonds. The van der Waals surface area contributed by atoms with Crippen LogP contribution in [0.2, 0.25) is 0 Å². The second-order valence-electron chi connectivity index (χ2n) is 7.67. The molecule has 3 rings (SSSR count). The molecule has 0 saturated carbocycles. The highest BCUT2D eigenvalue weighted by molar-refractivity contribution is 7.91. The van der Waals surface area contributed by atoms with Gasteiger partial charge in [-0.15, -0.1) is 10.2 Å². The van der Waals surface area contributed by atoms with Crippen molar-refractivity contribution >= 4 is 38.1 Å². The number of nitrogens with one attached hydrogen (secondary N) is 2. The summed E-state index contributed by atoms with van der Waals surface area (Å²) in [5.41, 5.74) is 1.30. The standard InChI is InChI=1S/C18H25N5O4S2/c1-18(2,3)15(24)20-16-21-22-17(28-16)29(25,26)19-12-13-4-6-14(7-5-13)23-8-10-27-11-9-23/h4-7,19H,8-12H2,1-3H3,(H,20,21,24). The first-order valence-corrected chi connectivity index (χ1v) is 11.5. The van der Waals surface area contributed by atoms with Crippen molar-refractivity contribution in [2.45, 2.75) is 31.7 Å². The Morgan fingerprint density at radius 3 is 2.45 bits per heavy atom. The van der Waals surface area contributed by atoms with Crippen molar-refractivity contribution in [1.82, 2.24) is 14.9 Å². The number of sulfonamides is 1. The number of ether oxygens (including phenoxy) is 1. The summed E-state index contributed by atoms with van der Waals surface area (Å²) in [7, 11) is -3.82. The molecule has 29 heavy (non-hydrogen) atoms. The average molecular weight is 440 g/mol. The van der Waals surface area contributed by atoms with Crippen LogP contribution in [0.3, 0.4) is 0 Å². The van der Waals surface area contributed by atoms with Gasteiger partial charge >= 0.3 is 0 Å². The van der Waals surface area contributed by atoms with Gasteiger partial charge in [-0.2, -0.15) is 0 Å². The fourth-order valence-corrected chi connectivity index (χ4v) is 4.49. The van der Waals surface area contributed by atoms with E-state index in [0.717, 1.165) is 35.7 Å². The highest BCUT2D eigenvalue weighted by Gasteiger charge is 2.25. The molecule has 2 aromatic rings. The van der Waals surface area contributed by atoms with E-state index in [1.807, 2.05) is 24.3 Å². The van der Waals surface area contributed by atoms with Crippen LogP contribution in [-0.2, 0) is 26.1 Å². The summed E-state index contributed by atoms with van der Waals surface area (Å²) in [6.07, 6.45) is 0. The van der Waals surface area contributed by atoms with Crippen molar-refractivity contribution in [2.75, 3.05) is 36.5 Å². The molecule has 158 valence electrons. The summed E-state index contributed by atoms with van der Waals surface area (Å²) in [5, 5.41) is 10.2. The molecule has 0 aliphatic carbocycles. The minimum absolute atomic E-state index is 0.134. The van der Waals surface area contributed by atoms with Crippen LogP contribution in [0.4, 0.5) is 10.8 Å². The predicted octanol–water partition coefficient (Wildman–Crippen LogP) is 1.84. The van der Waals surface area contributed by atoms with Crippen molar-refractivity contribution in [3.05, 3.63) is 29.8 Å². The molecule has 1 aliphatic heterocycles. The van der Waals surface area contributed by atoms with Crippen LogP contribution in [0, 0.1) is 5.41 Å². The van der Waals surface area contributed by atoms with Crippen molar-refractivity contribution in [3.63, 3.8) is 0 Å². The van der Waals surface area contributed by atoms with E-state index in [-0.39, 0.29) is 21.9 Å². The van der Waals surface area contributed by atoms with Crippen LogP contribution < -0.4 is 14.9 Å². The Morgan fingerprint density at radius 1 is 1.17 bits per heavy atom. The lowest BCUT2D eigenvalue weighted by Gasteiger charge is -2.28. The first-order valence-electron chi connectivity index (χ1n) is 9.21. The predicted molar refractivity (Wildman–Crippen MR) is 111 cm³/mol. The van der Waals surface area contributed by atoms with Gasteiger partial charge in [0.1, 0.15) is 0 Å². The smallest absolute Gasteiger partial charge is 0.270 e. The largest absolute Gasteiger partial charge is 0.378 e. The van der Waals surface area contributed by atoms with Crippen LogP contribution in [0.1, 0.15) is 26.3 Å². The van der Waals surface area contributed by atoms with Gasteiger partial charge in [0.15, 0.2) is 0 Å². The zero-order valence-electron chi connectivity index (χ0n) is 16.6. The van der Waals surface area contributed by atoms with E-state index in [1.54, 1.807) is 20.8 Å². The van der Waals surface area contributed by atoms with Crippen molar-refractivity contribution in [1.29, 1.82) is 0 Å². The molecule has 1 fully saturated rings. The zero-order valence-corrected chi connectivity index (χ0v) is 18.3. The molecule has 0 spiro atoms. The maximum absolute atomic E-state index is 12.5. The summed E-state index contributed by atoms with van der Waals surface area (Å²) in [6, 6.07) is 7.73. The van der Waals surface area contributed by atoms with Crippen molar-refractivity contribution < 1.29 is 17.9 Å². The Hall–Kier alpha value is -2.08. The van der Waals surface area contributed by atoms with Gasteiger partial charge in [-0.3, -0.25) is 4.79 Å². The zero-order chi connectivity index (χ0) is 21.1. The SMILES string of the molecule is CC(C)(C)C(=O)Nc1nnc(S(=O)(=O)NCc2ccc(N3CCOCC3)cc2)s1. The number of anilines is 2. The highest BCUT2D eigenvalue weighted by atomic mass is 32.2. The fraction of sp³-hybridized carbons (Fsp3) is 0.500. The first-order chi connectivity index (χ1) is 13.6. The molecule has 0 unspecified atom stereocenters. The number of rotatable bonds is 6. The van der Waals surface area contributed by atoms with E-state index in [0.29, 0.717) is 13.2 Å². The lowest BCUT2D eigenvalue weighted by Crippen LogP contribution is -2.36. The van der Waals surface area contributed by atoms with E-state index in [4.69, 9.17) is 4.74 Å². The van der Waals surface area contributed by atoms with Crippen molar-refractivity contribution in [3.8, 4) is 0 Å². The number of amides is 1. The third-order valence-electron chi connectivity index (χ3n) is 4.32. The maximum Gasteiger partial charge on any atom is 0.270 e. The molecule has 0 atom stereocenters. The molecule has 11 heteroatoms. The third kappa shape index (κ3) is 5.72. The number of aromatic nitrogens is 2. The lowest BCUT2D eigenvalue weighted by molar-refractivity contribution is -0.123. The number of hydrogen-bond donors (Lipinski definition) is 2. The van der Waals surface area contributed by atoms with Gasteiger partial charge in [-0.05, 0) is 17.7 Å². The molecule has 2 heterocycles. The normalized spacial score (nSPS) is 15.3. The number of hydrogen-bond acceptors (Lipinski definition) is 8. The van der Waals surface area contributed by atoms with Crippen LogP contribution in [-0.4, -0.2) is 50.8 Å². The molecule has 2 N–H and O–H groups in total. The van der Waals surface area contributed by atoms with Crippen molar-refractivity contribution in [2.24, 2.45) is 5.41 Å². The third-order valence-corrected chi connectivity index (χ3v) is 6.92. The molecule has 1 aromatic heterocycles. The number of morpholine rings is 1. The Bertz CT molecular complexity index is 945. The monoisotopic (exact) mass is 439 g/mol. The topological polar surface area (TPSA) is 114 Å². The fourth-order valence-electron chi connectivity index (χ4n) is 2.54. The van der Waals surface area contributed by atoms with Gasteiger partial charge in [0, 0.05) is 30.7 Å². The number of benzene rings is 1. The van der Waals surface area contributed by atoms with Gasteiger partial charge < -0.3 is 15.0 Å². The van der Waals surface area contributed by atoms with Crippen LogP contribution in [0.15, 0.2) is 28.6 Å². The minimum atomic E-state index is -3.82. The summed E-state index contributed by atoms with van der Waals surface area (Å²) >= 11 is 0.817. The van der Waals surface area contributed by atoms with Gasteiger partial charge in [-0.25, -0.2) is 13.1 Å². The molecular weight excluding hydrogens is 414 g/mol. The molecule has 1 aliphatic rings. The average Bonchev–Trinajstić information content (AvgIpc) is 3.16. The van der Waals surface area contributed by atoms with Gasteiger partial charge in [-0.1, -0.05) is 44.2 Å². The molecular formula is C18H25N5O4S2. The summed E-state index contributed by atoms with van der Waals surface area (Å²) < 4.78 is 32.6. The summed E-state index contributed by atoms with van der Waals surface area (Å²) in [4.78, 5) is 14.2. The molecule has 9 nitrogen and oxygen atoms in total. The summed E-state index contributed by atoms with van der Waals surface area (Å²) in [5.74, 6) is -0.258. The van der Waals surface area contributed by atoms with E-state index < -0.39 is 15.4 Å². The number of carbonyl (C=O) groups excluding carboxylic acids is 1. The van der Waals surface area contributed by atoms with Gasteiger partial charge in [0.05, 0.1) is 13.2 Å². The van der Waals surface area contributed by atoms with Crippen LogP contribution in [0.25, 0.3) is 0 Å². The van der Waals surface area contributed by atoms with Crippen LogP contribution >= 0.6 is 11.3 Å². The van der Waals surface area contributed by atoms with Gasteiger partial charge in [0.2, 0.25) is 15.4 Å². The Labute approximate surface area is 174 Å². The van der Waals surface area contributed by atoms with E-state index >= 15 is 0 Å². The van der Waals surface area contributed by atoms with E-state index in [9.17, 15) is 13.2 Å². The Balaban J connectivity index is 1.59. The highest BCUT2D eigenvalue weighted by Crippen LogP contribution is 2.23. The van der Waals surface area contributed by atoms with Gasteiger partial charge in [0.25, 0.3) is 10.0 Å². The molecule has 1 aromatic carbocycles. The minimum Gasteiger partial charge on any atom is -0.378 e. The summed E-state index contributed by atoms with van der Waals surface area (Å²) in [6.45, 7) is 8.51. The number of nitrogens with zero attached hydrogens (tertiary/aromatic N) is 3. The number of carbonyl (C=O) groups is 1. The Morgan fingerprint density at radius 2 is 1.83 bits per heavy atom. The molecule has 0 radical (unpaired) electrons. The van der Waals surface area contributed by atoms with E-state index in [2.05, 4.69) is 25.1 Å². The first kappa shape index (κ1) is 21.6. The maximum atomic E-state index is 12.5.